The minimum Gasteiger partial charge on any atom is -0.493 e. The Kier molecular flexibility index (Phi) is 4.93. The minimum absolute atomic E-state index is 0.101. The Hall–Kier alpha value is -2.10. The normalized spacial score (nSPS) is 12.2. The second kappa shape index (κ2) is 6.89. The van der Waals surface area contributed by atoms with Crippen LogP contribution >= 0.6 is 0 Å². The maximum absolute atomic E-state index is 5.73. The second-order valence-electron chi connectivity index (χ2n) is 5.23. The molecule has 4 nitrogen and oxygen atoms in total. The van der Waals surface area contributed by atoms with E-state index in [2.05, 4.69) is 36.1 Å². The lowest BCUT2D eigenvalue weighted by molar-refractivity contribution is 0.271. The highest BCUT2D eigenvalue weighted by atomic mass is 16.5. The summed E-state index contributed by atoms with van der Waals surface area (Å²) in [5.74, 6) is 1.40. The first-order chi connectivity index (χ1) is 9.65. The van der Waals surface area contributed by atoms with Gasteiger partial charge in [-0.05, 0) is 25.0 Å². The van der Waals surface area contributed by atoms with Crippen LogP contribution in [0, 0.1) is 5.92 Å². The smallest absolute Gasteiger partial charge is 0.121 e. The predicted octanol–water partition coefficient (Wildman–Crippen LogP) is 3.68. The standard InChI is InChI=1S/C16H21N3O/c1-12(2)11-20-15-6-4-5-14(9-15)19-13(3)16-10-17-7-8-18-16/h4-10,12-13,19H,11H2,1-3H3. The molecular weight excluding hydrogens is 250 g/mol. The molecule has 0 aliphatic carbocycles. The number of anilines is 1. The number of hydrogen-bond acceptors (Lipinski definition) is 4. The zero-order valence-corrected chi connectivity index (χ0v) is 12.2. The topological polar surface area (TPSA) is 47.0 Å². The van der Waals surface area contributed by atoms with Gasteiger partial charge in [-0.1, -0.05) is 19.9 Å². The van der Waals surface area contributed by atoms with Crippen molar-refractivity contribution < 1.29 is 4.74 Å². The van der Waals surface area contributed by atoms with E-state index in [1.54, 1.807) is 18.6 Å². The summed E-state index contributed by atoms with van der Waals surface area (Å²) in [5.41, 5.74) is 1.94. The van der Waals surface area contributed by atoms with Crippen LogP contribution in [0.15, 0.2) is 42.9 Å². The summed E-state index contributed by atoms with van der Waals surface area (Å²) in [6, 6.07) is 8.09. The van der Waals surface area contributed by atoms with Gasteiger partial charge in [0.25, 0.3) is 0 Å². The SMILES string of the molecule is CC(C)COc1cccc(NC(C)c2cnccn2)c1. The number of hydrogen-bond donors (Lipinski definition) is 1. The largest absolute Gasteiger partial charge is 0.493 e. The van der Waals surface area contributed by atoms with Crippen LogP contribution in [-0.4, -0.2) is 16.6 Å². The van der Waals surface area contributed by atoms with Crippen molar-refractivity contribution in [2.24, 2.45) is 5.92 Å². The van der Waals surface area contributed by atoms with Gasteiger partial charge >= 0.3 is 0 Å². The number of aromatic nitrogens is 2. The number of ether oxygens (including phenoxy) is 1. The van der Waals surface area contributed by atoms with E-state index in [1.165, 1.54) is 0 Å². The fourth-order valence-electron chi connectivity index (χ4n) is 1.80. The van der Waals surface area contributed by atoms with E-state index >= 15 is 0 Å². The van der Waals surface area contributed by atoms with Gasteiger partial charge in [0.1, 0.15) is 5.75 Å². The molecule has 0 aliphatic heterocycles. The van der Waals surface area contributed by atoms with Gasteiger partial charge in [-0.25, -0.2) is 0 Å². The van der Waals surface area contributed by atoms with Gasteiger partial charge in [-0.3, -0.25) is 9.97 Å². The molecule has 1 atom stereocenters. The molecule has 1 unspecified atom stereocenters. The second-order valence-corrected chi connectivity index (χ2v) is 5.23. The number of nitrogens with one attached hydrogen (secondary N) is 1. The first-order valence-corrected chi connectivity index (χ1v) is 6.90. The molecular formula is C16H21N3O. The van der Waals surface area contributed by atoms with Crippen molar-refractivity contribution in [2.45, 2.75) is 26.8 Å². The maximum Gasteiger partial charge on any atom is 0.121 e. The Balaban J connectivity index is 2.00. The van der Waals surface area contributed by atoms with Gasteiger partial charge in [0.15, 0.2) is 0 Å². The monoisotopic (exact) mass is 271 g/mol. The van der Waals surface area contributed by atoms with Crippen molar-refractivity contribution in [1.82, 2.24) is 9.97 Å². The summed E-state index contributed by atoms with van der Waals surface area (Å²) in [5, 5.41) is 3.40. The molecule has 0 radical (unpaired) electrons. The lowest BCUT2D eigenvalue weighted by Crippen LogP contribution is -2.09. The molecule has 20 heavy (non-hydrogen) atoms. The maximum atomic E-state index is 5.73. The highest BCUT2D eigenvalue weighted by Gasteiger charge is 2.07. The van der Waals surface area contributed by atoms with Gasteiger partial charge in [0, 0.05) is 24.1 Å². The minimum atomic E-state index is 0.101. The van der Waals surface area contributed by atoms with Gasteiger partial charge in [-0.2, -0.15) is 0 Å². The Bertz CT molecular complexity index is 528. The van der Waals surface area contributed by atoms with Crippen LogP contribution in [-0.2, 0) is 0 Å². The molecule has 0 bridgehead atoms. The molecule has 0 amide bonds. The fraction of sp³-hybridized carbons (Fsp3) is 0.375. The third kappa shape index (κ3) is 4.23. The molecule has 2 rings (SSSR count). The zero-order chi connectivity index (χ0) is 14.4. The van der Waals surface area contributed by atoms with Crippen molar-refractivity contribution in [3.8, 4) is 5.75 Å². The molecule has 0 aliphatic rings. The van der Waals surface area contributed by atoms with Crippen molar-refractivity contribution in [2.75, 3.05) is 11.9 Å². The van der Waals surface area contributed by atoms with Crippen LogP contribution < -0.4 is 10.1 Å². The molecule has 4 heteroatoms. The van der Waals surface area contributed by atoms with E-state index in [-0.39, 0.29) is 6.04 Å². The Morgan fingerprint density at radius 2 is 2.05 bits per heavy atom. The fourth-order valence-corrected chi connectivity index (χ4v) is 1.80. The van der Waals surface area contributed by atoms with E-state index in [1.807, 2.05) is 24.3 Å². The average molecular weight is 271 g/mol. The number of rotatable bonds is 6. The van der Waals surface area contributed by atoms with Crippen molar-refractivity contribution in [1.29, 1.82) is 0 Å². The summed E-state index contributed by atoms with van der Waals surface area (Å²) in [6.07, 6.45) is 5.16. The van der Waals surface area contributed by atoms with Gasteiger partial charge < -0.3 is 10.1 Å². The Morgan fingerprint density at radius 1 is 1.20 bits per heavy atom. The molecule has 106 valence electrons. The number of benzene rings is 1. The molecule has 1 aromatic heterocycles. The Labute approximate surface area is 120 Å². The molecule has 0 fully saturated rings. The molecule has 0 spiro atoms. The molecule has 0 saturated heterocycles. The van der Waals surface area contributed by atoms with Crippen LogP contribution in [0.25, 0.3) is 0 Å². The van der Waals surface area contributed by atoms with E-state index in [4.69, 9.17) is 4.74 Å². The quantitative estimate of drug-likeness (QED) is 0.870. The third-order valence-corrected chi connectivity index (χ3v) is 2.83. The van der Waals surface area contributed by atoms with E-state index in [0.29, 0.717) is 5.92 Å². The van der Waals surface area contributed by atoms with Crippen molar-refractivity contribution in [3.63, 3.8) is 0 Å². The molecule has 0 saturated carbocycles. The third-order valence-electron chi connectivity index (χ3n) is 2.83. The molecule has 1 aromatic carbocycles. The highest BCUT2D eigenvalue weighted by molar-refractivity contribution is 5.49. The van der Waals surface area contributed by atoms with E-state index in [9.17, 15) is 0 Å². The summed E-state index contributed by atoms with van der Waals surface area (Å²) < 4.78 is 5.73. The molecule has 2 aromatic rings. The first kappa shape index (κ1) is 14.3. The predicted molar refractivity (Wildman–Crippen MR) is 80.8 cm³/mol. The summed E-state index contributed by atoms with van der Waals surface area (Å²) >= 11 is 0. The van der Waals surface area contributed by atoms with Crippen molar-refractivity contribution in [3.05, 3.63) is 48.5 Å². The lowest BCUT2D eigenvalue weighted by atomic mass is 10.2. The Morgan fingerprint density at radius 3 is 2.75 bits per heavy atom. The van der Waals surface area contributed by atoms with Gasteiger partial charge in [0.2, 0.25) is 0 Å². The molecule has 1 N–H and O–H groups in total. The number of nitrogens with zero attached hydrogens (tertiary/aromatic N) is 2. The van der Waals surface area contributed by atoms with Crippen LogP contribution in [0.4, 0.5) is 5.69 Å². The summed E-state index contributed by atoms with van der Waals surface area (Å²) in [6.45, 7) is 7.06. The van der Waals surface area contributed by atoms with Gasteiger partial charge in [0.05, 0.1) is 24.5 Å². The first-order valence-electron chi connectivity index (χ1n) is 6.90. The summed E-state index contributed by atoms with van der Waals surface area (Å²) in [4.78, 5) is 8.39. The van der Waals surface area contributed by atoms with Crippen LogP contribution in [0.2, 0.25) is 0 Å². The lowest BCUT2D eigenvalue weighted by Gasteiger charge is -2.15. The van der Waals surface area contributed by atoms with Crippen molar-refractivity contribution >= 4 is 5.69 Å². The molecule has 1 heterocycles. The zero-order valence-electron chi connectivity index (χ0n) is 12.2. The van der Waals surface area contributed by atoms with Gasteiger partial charge in [-0.15, -0.1) is 0 Å². The highest BCUT2D eigenvalue weighted by Crippen LogP contribution is 2.22. The average Bonchev–Trinajstić information content (AvgIpc) is 2.46. The van der Waals surface area contributed by atoms with Crippen LogP contribution in [0.3, 0.4) is 0 Å². The summed E-state index contributed by atoms with van der Waals surface area (Å²) in [7, 11) is 0. The van der Waals surface area contributed by atoms with Crippen LogP contribution in [0.5, 0.6) is 5.75 Å². The van der Waals surface area contributed by atoms with Crippen LogP contribution in [0.1, 0.15) is 32.5 Å². The van der Waals surface area contributed by atoms with E-state index in [0.717, 1.165) is 23.7 Å². The van der Waals surface area contributed by atoms with E-state index < -0.39 is 0 Å².